The number of carboxylic acids is 1. The van der Waals surface area contributed by atoms with Crippen LogP contribution in [-0.2, 0) is 24.0 Å². The molecule has 0 aliphatic carbocycles. The monoisotopic (exact) mass is 447 g/mol. The summed E-state index contributed by atoms with van der Waals surface area (Å²) >= 11 is 3.88. The molecule has 30 heavy (non-hydrogen) atoms. The average Bonchev–Trinajstić information content (AvgIpc) is 2.66. The van der Waals surface area contributed by atoms with Crippen LogP contribution >= 0.6 is 12.6 Å². The number of carbonyl (C=O) groups excluding carboxylic acids is 4. The third-order valence-corrected chi connectivity index (χ3v) is 5.01. The van der Waals surface area contributed by atoms with Crippen molar-refractivity contribution in [3.63, 3.8) is 0 Å². The van der Waals surface area contributed by atoms with Gasteiger partial charge in [0, 0.05) is 5.75 Å². The summed E-state index contributed by atoms with van der Waals surface area (Å²) in [7, 11) is 0. The van der Waals surface area contributed by atoms with Crippen LogP contribution in [0, 0.1) is 11.8 Å². The Labute approximate surface area is 181 Å². The minimum atomic E-state index is -1.33. The van der Waals surface area contributed by atoms with Crippen molar-refractivity contribution < 1.29 is 29.1 Å². The Hall–Kier alpha value is -2.34. The molecule has 0 radical (unpaired) electrons. The second kappa shape index (κ2) is 13.1. The van der Waals surface area contributed by atoms with E-state index < -0.39 is 66.1 Å². The van der Waals surface area contributed by atoms with Crippen molar-refractivity contribution in [2.75, 3.05) is 5.75 Å². The number of hydrogen-bond donors (Lipinski definition) is 7. The van der Waals surface area contributed by atoms with Gasteiger partial charge in [-0.15, -0.1) is 0 Å². The molecule has 4 amide bonds. The summed E-state index contributed by atoms with van der Waals surface area (Å²) < 4.78 is 0. The molecule has 0 fully saturated rings. The molecule has 0 heterocycles. The fourth-order valence-corrected chi connectivity index (χ4v) is 2.67. The standard InChI is InChI=1S/C18H33N5O6S/c1-5-9(4)13(20)16(26)21-10(6-12(19)24)15(25)23-14(8(2)3)17(27)22-11(7-30)18(28)29/h8-11,13-14,30H,5-7,20H2,1-4H3,(H2,19,24)(H,21,26)(H,22,27)(H,23,25)(H,28,29). The fourth-order valence-electron chi connectivity index (χ4n) is 2.43. The predicted octanol–water partition coefficient (Wildman–Crippen LogP) is -1.64. The first-order valence-corrected chi connectivity index (χ1v) is 10.3. The zero-order chi connectivity index (χ0) is 23.6. The van der Waals surface area contributed by atoms with Crippen LogP contribution in [-0.4, -0.2) is 64.6 Å². The fraction of sp³-hybridized carbons (Fsp3) is 0.722. The summed E-state index contributed by atoms with van der Waals surface area (Å²) in [6, 6.07) is -4.59. The lowest BCUT2D eigenvalue weighted by Crippen LogP contribution is -2.59. The number of hydrogen-bond acceptors (Lipinski definition) is 7. The molecular formula is C18H33N5O6S. The predicted molar refractivity (Wildman–Crippen MR) is 113 cm³/mol. The molecule has 0 aromatic carbocycles. The summed E-state index contributed by atoms with van der Waals surface area (Å²) in [5, 5.41) is 16.2. The highest BCUT2D eigenvalue weighted by Gasteiger charge is 2.32. The second-order valence-corrected chi connectivity index (χ2v) is 7.82. The van der Waals surface area contributed by atoms with Gasteiger partial charge >= 0.3 is 5.97 Å². The lowest BCUT2D eigenvalue weighted by Gasteiger charge is -2.27. The number of carboxylic acid groups (broad SMARTS) is 1. The van der Waals surface area contributed by atoms with Crippen molar-refractivity contribution in [3.8, 4) is 0 Å². The number of aliphatic carboxylic acids is 1. The second-order valence-electron chi connectivity index (χ2n) is 7.46. The van der Waals surface area contributed by atoms with E-state index in [4.69, 9.17) is 16.6 Å². The maximum Gasteiger partial charge on any atom is 0.327 e. The zero-order valence-electron chi connectivity index (χ0n) is 17.7. The van der Waals surface area contributed by atoms with Gasteiger partial charge in [0.05, 0.1) is 12.5 Å². The van der Waals surface area contributed by atoms with Crippen molar-refractivity contribution in [2.45, 2.75) is 64.7 Å². The number of thiol groups is 1. The number of nitrogens with one attached hydrogen (secondary N) is 3. The largest absolute Gasteiger partial charge is 0.480 e. The molecule has 0 aromatic heterocycles. The Morgan fingerprint density at radius 1 is 0.933 bits per heavy atom. The molecular weight excluding hydrogens is 414 g/mol. The molecule has 0 spiro atoms. The smallest absolute Gasteiger partial charge is 0.327 e. The van der Waals surface area contributed by atoms with Crippen LogP contribution in [0.25, 0.3) is 0 Å². The summed E-state index contributed by atoms with van der Waals surface area (Å²) in [6.07, 6.45) is 0.137. The molecule has 0 aliphatic rings. The van der Waals surface area contributed by atoms with E-state index in [1.165, 1.54) is 0 Å². The van der Waals surface area contributed by atoms with E-state index in [1.807, 2.05) is 6.92 Å². The highest BCUT2D eigenvalue weighted by molar-refractivity contribution is 7.80. The van der Waals surface area contributed by atoms with E-state index >= 15 is 0 Å². The summed E-state index contributed by atoms with van der Waals surface area (Å²) in [5.41, 5.74) is 11.0. The van der Waals surface area contributed by atoms with Crippen LogP contribution in [0.15, 0.2) is 0 Å². The topological polar surface area (TPSA) is 194 Å². The van der Waals surface area contributed by atoms with E-state index in [1.54, 1.807) is 20.8 Å². The van der Waals surface area contributed by atoms with Gasteiger partial charge in [-0.3, -0.25) is 19.2 Å². The Bertz CT molecular complexity index is 645. The first-order chi connectivity index (χ1) is 13.8. The summed E-state index contributed by atoms with van der Waals surface area (Å²) in [6.45, 7) is 6.91. The number of amides is 4. The van der Waals surface area contributed by atoms with Crippen molar-refractivity contribution in [2.24, 2.45) is 23.3 Å². The van der Waals surface area contributed by atoms with E-state index in [9.17, 15) is 24.0 Å². The quantitative estimate of drug-likeness (QED) is 0.164. The molecule has 172 valence electrons. The van der Waals surface area contributed by atoms with Crippen LogP contribution in [0.3, 0.4) is 0 Å². The van der Waals surface area contributed by atoms with E-state index in [2.05, 4.69) is 28.6 Å². The summed E-state index contributed by atoms with van der Waals surface area (Å²) in [4.78, 5) is 60.0. The third kappa shape index (κ3) is 8.99. The van der Waals surface area contributed by atoms with Gasteiger partial charge in [-0.2, -0.15) is 12.6 Å². The van der Waals surface area contributed by atoms with E-state index in [-0.39, 0.29) is 11.7 Å². The van der Waals surface area contributed by atoms with Gasteiger partial charge in [0.1, 0.15) is 18.1 Å². The molecule has 8 N–H and O–H groups in total. The highest BCUT2D eigenvalue weighted by Crippen LogP contribution is 2.08. The third-order valence-electron chi connectivity index (χ3n) is 4.64. The molecule has 5 atom stereocenters. The molecule has 12 heteroatoms. The van der Waals surface area contributed by atoms with Gasteiger partial charge in [0.15, 0.2) is 0 Å². The van der Waals surface area contributed by atoms with Crippen LogP contribution in [0.5, 0.6) is 0 Å². The van der Waals surface area contributed by atoms with Gasteiger partial charge < -0.3 is 32.5 Å². The molecule has 5 unspecified atom stereocenters. The lowest BCUT2D eigenvalue weighted by molar-refractivity contribution is -0.142. The number of carbonyl (C=O) groups is 5. The van der Waals surface area contributed by atoms with E-state index in [0.717, 1.165) is 0 Å². The van der Waals surface area contributed by atoms with Gasteiger partial charge in [0.2, 0.25) is 23.6 Å². The Kier molecular flexibility index (Phi) is 12.0. The molecule has 0 bridgehead atoms. The number of nitrogens with two attached hydrogens (primary N) is 2. The SMILES string of the molecule is CCC(C)C(N)C(=O)NC(CC(N)=O)C(=O)NC(C(=O)NC(CS)C(=O)O)C(C)C. The molecule has 0 saturated carbocycles. The van der Waals surface area contributed by atoms with Gasteiger partial charge in [-0.05, 0) is 11.8 Å². The van der Waals surface area contributed by atoms with Crippen LogP contribution < -0.4 is 27.4 Å². The lowest BCUT2D eigenvalue weighted by atomic mass is 9.98. The van der Waals surface area contributed by atoms with E-state index in [0.29, 0.717) is 6.42 Å². The minimum Gasteiger partial charge on any atom is -0.480 e. The first-order valence-electron chi connectivity index (χ1n) is 9.64. The first kappa shape index (κ1) is 27.7. The Morgan fingerprint density at radius 3 is 1.87 bits per heavy atom. The van der Waals surface area contributed by atoms with Gasteiger partial charge in [-0.25, -0.2) is 4.79 Å². The average molecular weight is 448 g/mol. The van der Waals surface area contributed by atoms with Gasteiger partial charge in [-0.1, -0.05) is 34.1 Å². The molecule has 0 aliphatic heterocycles. The molecule has 0 aromatic rings. The number of rotatable bonds is 13. The molecule has 0 rings (SSSR count). The summed E-state index contributed by atoms with van der Waals surface area (Å²) in [5.74, 6) is -5.01. The van der Waals surface area contributed by atoms with Crippen molar-refractivity contribution in [1.82, 2.24) is 16.0 Å². The van der Waals surface area contributed by atoms with Crippen molar-refractivity contribution in [1.29, 1.82) is 0 Å². The maximum atomic E-state index is 12.7. The van der Waals surface area contributed by atoms with Crippen molar-refractivity contribution in [3.05, 3.63) is 0 Å². The number of primary amides is 1. The normalized spacial score (nSPS) is 16.0. The highest BCUT2D eigenvalue weighted by atomic mass is 32.1. The Morgan fingerprint density at radius 2 is 1.47 bits per heavy atom. The van der Waals surface area contributed by atoms with Crippen LogP contribution in [0.4, 0.5) is 0 Å². The molecule has 11 nitrogen and oxygen atoms in total. The maximum absolute atomic E-state index is 12.7. The van der Waals surface area contributed by atoms with Crippen LogP contribution in [0.2, 0.25) is 0 Å². The van der Waals surface area contributed by atoms with Gasteiger partial charge in [0.25, 0.3) is 0 Å². The van der Waals surface area contributed by atoms with Crippen LogP contribution in [0.1, 0.15) is 40.5 Å². The van der Waals surface area contributed by atoms with Crippen molar-refractivity contribution >= 4 is 42.2 Å². The minimum absolute atomic E-state index is 0.145. The zero-order valence-corrected chi connectivity index (χ0v) is 18.6. The Balaban J connectivity index is 5.40. The molecule has 0 saturated heterocycles.